The highest BCUT2D eigenvalue weighted by Crippen LogP contribution is 2.20. The van der Waals surface area contributed by atoms with Crippen molar-refractivity contribution in [1.82, 2.24) is 4.90 Å². The van der Waals surface area contributed by atoms with E-state index in [1.807, 2.05) is 56.3 Å². The molecular formula is C17H19BrN2O. The standard InChI is InChI=1S/C17H19BrN2O/c1-12-5-4-6-13(2)16(12)19-17(21)20(3)11-14-7-9-15(18)10-8-14/h4-10H,11H2,1-3H3,(H,19,21). The van der Waals surface area contributed by atoms with Crippen LogP contribution in [0.5, 0.6) is 0 Å². The topological polar surface area (TPSA) is 32.3 Å². The lowest BCUT2D eigenvalue weighted by Gasteiger charge is -2.20. The van der Waals surface area contributed by atoms with Crippen molar-refractivity contribution in [3.8, 4) is 0 Å². The molecule has 0 aliphatic rings. The number of hydrogen-bond acceptors (Lipinski definition) is 1. The van der Waals surface area contributed by atoms with E-state index in [2.05, 4.69) is 21.2 Å². The van der Waals surface area contributed by atoms with E-state index in [0.29, 0.717) is 6.54 Å². The van der Waals surface area contributed by atoms with Crippen molar-refractivity contribution in [1.29, 1.82) is 0 Å². The van der Waals surface area contributed by atoms with Gasteiger partial charge in [-0.15, -0.1) is 0 Å². The zero-order valence-electron chi connectivity index (χ0n) is 12.5. The van der Waals surface area contributed by atoms with Crippen LogP contribution in [-0.4, -0.2) is 18.0 Å². The molecule has 0 radical (unpaired) electrons. The molecule has 2 aromatic rings. The highest BCUT2D eigenvalue weighted by molar-refractivity contribution is 9.10. The maximum atomic E-state index is 12.3. The number of para-hydroxylation sites is 1. The molecule has 0 bridgehead atoms. The molecule has 4 heteroatoms. The predicted octanol–water partition coefficient (Wildman–Crippen LogP) is 4.73. The third kappa shape index (κ3) is 4.08. The van der Waals surface area contributed by atoms with Crippen LogP contribution in [0.2, 0.25) is 0 Å². The molecule has 0 heterocycles. The first kappa shape index (κ1) is 15.6. The lowest BCUT2D eigenvalue weighted by Crippen LogP contribution is -2.31. The average molecular weight is 347 g/mol. The molecule has 0 saturated carbocycles. The van der Waals surface area contributed by atoms with Crippen LogP contribution in [0.3, 0.4) is 0 Å². The van der Waals surface area contributed by atoms with E-state index in [9.17, 15) is 4.79 Å². The van der Waals surface area contributed by atoms with E-state index in [1.165, 1.54) is 0 Å². The van der Waals surface area contributed by atoms with Crippen LogP contribution < -0.4 is 5.32 Å². The van der Waals surface area contributed by atoms with Gasteiger partial charge in [-0.05, 0) is 42.7 Å². The monoisotopic (exact) mass is 346 g/mol. The van der Waals surface area contributed by atoms with Crippen LogP contribution in [-0.2, 0) is 6.54 Å². The number of hydrogen-bond donors (Lipinski definition) is 1. The Bertz CT molecular complexity index is 617. The molecule has 1 N–H and O–H groups in total. The largest absolute Gasteiger partial charge is 0.323 e. The van der Waals surface area contributed by atoms with Crippen molar-refractivity contribution in [2.45, 2.75) is 20.4 Å². The fraction of sp³-hybridized carbons (Fsp3) is 0.235. The van der Waals surface area contributed by atoms with Crippen LogP contribution in [0.25, 0.3) is 0 Å². The van der Waals surface area contributed by atoms with Crippen LogP contribution in [0.15, 0.2) is 46.9 Å². The predicted molar refractivity (Wildman–Crippen MR) is 90.5 cm³/mol. The Kier molecular flexibility index (Phi) is 5.02. The van der Waals surface area contributed by atoms with Crippen molar-refractivity contribution in [3.63, 3.8) is 0 Å². The van der Waals surface area contributed by atoms with Gasteiger partial charge in [0.1, 0.15) is 0 Å². The van der Waals surface area contributed by atoms with E-state index in [0.717, 1.165) is 26.9 Å². The van der Waals surface area contributed by atoms with Crippen molar-refractivity contribution >= 4 is 27.6 Å². The van der Waals surface area contributed by atoms with Crippen LogP contribution in [0, 0.1) is 13.8 Å². The van der Waals surface area contributed by atoms with Crippen molar-refractivity contribution in [2.75, 3.05) is 12.4 Å². The van der Waals surface area contributed by atoms with Crippen LogP contribution >= 0.6 is 15.9 Å². The average Bonchev–Trinajstić information content (AvgIpc) is 2.45. The normalized spacial score (nSPS) is 10.3. The minimum absolute atomic E-state index is 0.102. The maximum absolute atomic E-state index is 12.3. The third-order valence-electron chi connectivity index (χ3n) is 3.39. The summed E-state index contributed by atoms with van der Waals surface area (Å²) in [4.78, 5) is 14.0. The number of nitrogens with one attached hydrogen (secondary N) is 1. The highest BCUT2D eigenvalue weighted by Gasteiger charge is 2.12. The van der Waals surface area contributed by atoms with Gasteiger partial charge in [-0.3, -0.25) is 0 Å². The first-order valence-corrected chi connectivity index (χ1v) is 7.59. The smallest absolute Gasteiger partial charge is 0.321 e. The molecule has 0 aromatic heterocycles. The Morgan fingerprint density at radius 1 is 1.10 bits per heavy atom. The fourth-order valence-corrected chi connectivity index (χ4v) is 2.41. The summed E-state index contributed by atoms with van der Waals surface area (Å²) in [5.41, 5.74) is 4.13. The van der Waals surface area contributed by atoms with Gasteiger partial charge in [-0.2, -0.15) is 0 Å². The van der Waals surface area contributed by atoms with Crippen LogP contribution in [0.1, 0.15) is 16.7 Å². The molecule has 0 unspecified atom stereocenters. The van der Waals surface area contributed by atoms with Gasteiger partial charge in [0.15, 0.2) is 0 Å². The molecule has 21 heavy (non-hydrogen) atoms. The molecule has 0 aliphatic carbocycles. The number of halogens is 1. The minimum Gasteiger partial charge on any atom is -0.323 e. The van der Waals surface area contributed by atoms with Gasteiger partial charge in [0.2, 0.25) is 0 Å². The number of anilines is 1. The van der Waals surface area contributed by atoms with E-state index in [-0.39, 0.29) is 6.03 Å². The third-order valence-corrected chi connectivity index (χ3v) is 3.92. The maximum Gasteiger partial charge on any atom is 0.321 e. The number of aryl methyl sites for hydroxylation is 2. The number of urea groups is 1. The molecular weight excluding hydrogens is 328 g/mol. The van der Waals surface area contributed by atoms with E-state index >= 15 is 0 Å². The second kappa shape index (κ2) is 6.76. The summed E-state index contributed by atoms with van der Waals surface area (Å²) in [6.45, 7) is 4.57. The summed E-state index contributed by atoms with van der Waals surface area (Å²) in [6, 6.07) is 13.9. The number of rotatable bonds is 3. The number of benzene rings is 2. The molecule has 0 spiro atoms. The fourth-order valence-electron chi connectivity index (χ4n) is 2.15. The van der Waals surface area contributed by atoms with E-state index < -0.39 is 0 Å². The summed E-state index contributed by atoms with van der Waals surface area (Å²) in [7, 11) is 1.80. The molecule has 110 valence electrons. The lowest BCUT2D eigenvalue weighted by atomic mass is 10.1. The van der Waals surface area contributed by atoms with Gasteiger partial charge < -0.3 is 10.2 Å². The number of amides is 2. The van der Waals surface area contributed by atoms with E-state index in [1.54, 1.807) is 11.9 Å². The van der Waals surface area contributed by atoms with Gasteiger partial charge in [0.05, 0.1) is 0 Å². The highest BCUT2D eigenvalue weighted by atomic mass is 79.9. The Morgan fingerprint density at radius 2 is 1.67 bits per heavy atom. The minimum atomic E-state index is -0.102. The molecule has 0 saturated heterocycles. The first-order chi connectivity index (χ1) is 9.97. The first-order valence-electron chi connectivity index (χ1n) is 6.80. The summed E-state index contributed by atoms with van der Waals surface area (Å²) in [5, 5.41) is 2.99. The Balaban J connectivity index is 2.04. The molecule has 2 rings (SSSR count). The van der Waals surface area contributed by atoms with Gasteiger partial charge in [-0.1, -0.05) is 46.3 Å². The zero-order valence-corrected chi connectivity index (χ0v) is 14.1. The van der Waals surface area contributed by atoms with Gasteiger partial charge in [0, 0.05) is 23.8 Å². The molecule has 2 amide bonds. The summed E-state index contributed by atoms with van der Waals surface area (Å²) < 4.78 is 1.04. The molecule has 2 aromatic carbocycles. The molecule has 0 aliphatic heterocycles. The van der Waals surface area contributed by atoms with Crippen molar-refractivity contribution in [3.05, 3.63) is 63.6 Å². The second-order valence-corrected chi connectivity index (χ2v) is 6.10. The van der Waals surface area contributed by atoms with Gasteiger partial charge in [0.25, 0.3) is 0 Å². The lowest BCUT2D eigenvalue weighted by molar-refractivity contribution is 0.220. The molecule has 0 atom stereocenters. The Labute approximate surface area is 134 Å². The number of carbonyl (C=O) groups is 1. The quantitative estimate of drug-likeness (QED) is 0.855. The molecule has 0 fully saturated rings. The zero-order chi connectivity index (χ0) is 15.4. The van der Waals surface area contributed by atoms with Gasteiger partial charge >= 0.3 is 6.03 Å². The van der Waals surface area contributed by atoms with Crippen LogP contribution in [0.4, 0.5) is 10.5 Å². The summed E-state index contributed by atoms with van der Waals surface area (Å²) in [6.07, 6.45) is 0. The number of nitrogens with zero attached hydrogens (tertiary/aromatic N) is 1. The van der Waals surface area contributed by atoms with E-state index in [4.69, 9.17) is 0 Å². The van der Waals surface area contributed by atoms with Crippen molar-refractivity contribution in [2.24, 2.45) is 0 Å². The summed E-state index contributed by atoms with van der Waals surface area (Å²) in [5.74, 6) is 0. The van der Waals surface area contributed by atoms with Crippen molar-refractivity contribution < 1.29 is 4.79 Å². The Morgan fingerprint density at radius 3 is 2.24 bits per heavy atom. The number of carbonyl (C=O) groups excluding carboxylic acids is 1. The summed E-state index contributed by atoms with van der Waals surface area (Å²) >= 11 is 3.41. The van der Waals surface area contributed by atoms with Gasteiger partial charge in [-0.25, -0.2) is 4.79 Å². The molecule has 3 nitrogen and oxygen atoms in total. The SMILES string of the molecule is Cc1cccc(C)c1NC(=O)N(C)Cc1ccc(Br)cc1. The second-order valence-electron chi connectivity index (χ2n) is 5.18. The Hall–Kier alpha value is -1.81.